The number of hydrogen-bond donors (Lipinski definition) is 0. The minimum absolute atomic E-state index is 0.144. The van der Waals surface area contributed by atoms with E-state index < -0.39 is 0 Å². The first-order chi connectivity index (χ1) is 6.68. The van der Waals surface area contributed by atoms with Crippen molar-refractivity contribution in [2.75, 3.05) is 0 Å². The van der Waals surface area contributed by atoms with Crippen LogP contribution in [-0.4, -0.2) is 0 Å². The van der Waals surface area contributed by atoms with Crippen LogP contribution in [0, 0.1) is 6.92 Å². The molecular weight excluding hydrogens is 328 g/mol. The summed E-state index contributed by atoms with van der Waals surface area (Å²) in [5, 5.41) is 0. The van der Waals surface area contributed by atoms with E-state index in [9.17, 15) is 0 Å². The number of thiophene rings is 1. The first-order valence-electron chi connectivity index (χ1n) is 4.12. The second-order valence-corrected chi connectivity index (χ2v) is 6.01. The van der Waals surface area contributed by atoms with Crippen molar-refractivity contribution in [3.8, 4) is 0 Å². The molecule has 0 aliphatic carbocycles. The second kappa shape index (κ2) is 4.21. The van der Waals surface area contributed by atoms with Gasteiger partial charge in [0.2, 0.25) is 0 Å². The molecule has 0 fully saturated rings. The number of aryl methyl sites for hydroxylation is 1. The van der Waals surface area contributed by atoms with E-state index in [0.29, 0.717) is 0 Å². The molecule has 1 atom stereocenters. The molecule has 2 aromatic rings. The quantitative estimate of drug-likeness (QED) is 0.712. The van der Waals surface area contributed by atoms with Crippen molar-refractivity contribution in [1.82, 2.24) is 0 Å². The lowest BCUT2D eigenvalue weighted by Crippen LogP contribution is -1.86. The molecule has 0 aliphatic rings. The van der Waals surface area contributed by atoms with Crippen LogP contribution in [0.5, 0.6) is 0 Å². The Morgan fingerprint density at radius 1 is 1.50 bits per heavy atom. The zero-order valence-corrected chi connectivity index (χ0v) is 11.4. The summed E-state index contributed by atoms with van der Waals surface area (Å²) in [6.07, 6.45) is 1.69. The van der Waals surface area contributed by atoms with Crippen LogP contribution in [0.3, 0.4) is 0 Å². The lowest BCUT2D eigenvalue weighted by Gasteiger charge is -2.04. The highest BCUT2D eigenvalue weighted by Gasteiger charge is 2.18. The van der Waals surface area contributed by atoms with Gasteiger partial charge >= 0.3 is 0 Å². The zero-order chi connectivity index (χ0) is 10.1. The maximum atomic E-state index is 5.35. The molecule has 2 heterocycles. The van der Waals surface area contributed by atoms with Gasteiger partial charge in [0.1, 0.15) is 10.6 Å². The lowest BCUT2D eigenvalue weighted by molar-refractivity contribution is 0.520. The van der Waals surface area contributed by atoms with Gasteiger partial charge in [-0.05, 0) is 41.1 Å². The maximum Gasteiger partial charge on any atom is 0.122 e. The molecule has 0 aromatic carbocycles. The molecule has 0 saturated heterocycles. The molecule has 0 aliphatic heterocycles. The molecule has 0 spiro atoms. The number of rotatable bonds is 2. The highest BCUT2D eigenvalue weighted by Crippen LogP contribution is 2.40. The van der Waals surface area contributed by atoms with Gasteiger partial charge in [-0.15, -0.1) is 11.3 Å². The molecule has 0 radical (unpaired) electrons. The predicted octanol–water partition coefficient (Wildman–Crippen LogP) is 4.90. The standard InChI is InChI=1S/C10H8Br2OS/c1-6-5-7(11)10(14-6)9(12)8-3-2-4-13-8/h2-5,9H,1H3. The van der Waals surface area contributed by atoms with Crippen molar-refractivity contribution in [1.29, 1.82) is 0 Å². The van der Waals surface area contributed by atoms with Crippen LogP contribution in [0.2, 0.25) is 0 Å². The topological polar surface area (TPSA) is 13.1 Å². The van der Waals surface area contributed by atoms with E-state index in [1.54, 1.807) is 17.6 Å². The summed E-state index contributed by atoms with van der Waals surface area (Å²) < 4.78 is 6.49. The van der Waals surface area contributed by atoms with Crippen LogP contribution >= 0.6 is 43.2 Å². The van der Waals surface area contributed by atoms with Gasteiger partial charge in [-0.1, -0.05) is 15.9 Å². The number of alkyl halides is 1. The Labute approximate surface area is 103 Å². The third-order valence-corrected chi connectivity index (χ3v) is 5.11. The third-order valence-electron chi connectivity index (χ3n) is 1.86. The Hall–Kier alpha value is -0.0600. The summed E-state index contributed by atoms with van der Waals surface area (Å²) in [6, 6.07) is 6.00. The van der Waals surface area contributed by atoms with Crippen LogP contribution in [0.1, 0.15) is 20.3 Å². The Bertz CT molecular complexity index is 419. The van der Waals surface area contributed by atoms with E-state index in [-0.39, 0.29) is 4.83 Å². The van der Waals surface area contributed by atoms with Crippen LogP contribution in [0.4, 0.5) is 0 Å². The molecule has 1 nitrogen and oxygen atoms in total. The number of halogens is 2. The van der Waals surface area contributed by atoms with E-state index in [1.165, 1.54) is 9.75 Å². The van der Waals surface area contributed by atoms with E-state index in [2.05, 4.69) is 44.8 Å². The molecule has 0 bridgehead atoms. The Kier molecular flexibility index (Phi) is 3.14. The summed E-state index contributed by atoms with van der Waals surface area (Å²) in [6.45, 7) is 2.10. The van der Waals surface area contributed by atoms with Gasteiger partial charge in [0.25, 0.3) is 0 Å². The van der Waals surface area contributed by atoms with Gasteiger partial charge < -0.3 is 4.42 Å². The van der Waals surface area contributed by atoms with Crippen LogP contribution in [0.15, 0.2) is 33.4 Å². The normalized spacial score (nSPS) is 13.1. The largest absolute Gasteiger partial charge is 0.468 e. The maximum absolute atomic E-state index is 5.35. The lowest BCUT2D eigenvalue weighted by atomic mass is 10.3. The summed E-state index contributed by atoms with van der Waals surface area (Å²) in [5.74, 6) is 0.938. The smallest absolute Gasteiger partial charge is 0.122 e. The summed E-state index contributed by atoms with van der Waals surface area (Å²) in [7, 11) is 0. The highest BCUT2D eigenvalue weighted by atomic mass is 79.9. The Morgan fingerprint density at radius 3 is 2.79 bits per heavy atom. The van der Waals surface area contributed by atoms with Gasteiger partial charge in [0.15, 0.2) is 0 Å². The van der Waals surface area contributed by atoms with Crippen molar-refractivity contribution >= 4 is 43.2 Å². The SMILES string of the molecule is Cc1cc(Br)c(C(Br)c2ccco2)s1. The average Bonchev–Trinajstić information content (AvgIpc) is 2.73. The van der Waals surface area contributed by atoms with Crippen molar-refractivity contribution in [3.05, 3.63) is 44.4 Å². The van der Waals surface area contributed by atoms with E-state index in [4.69, 9.17) is 4.42 Å². The van der Waals surface area contributed by atoms with Crippen molar-refractivity contribution in [2.24, 2.45) is 0 Å². The Balaban J connectivity index is 2.36. The molecule has 0 amide bonds. The van der Waals surface area contributed by atoms with E-state index >= 15 is 0 Å². The Morgan fingerprint density at radius 2 is 2.29 bits per heavy atom. The first kappa shape index (κ1) is 10.5. The fourth-order valence-electron chi connectivity index (χ4n) is 1.24. The predicted molar refractivity (Wildman–Crippen MR) is 66.2 cm³/mol. The average molecular weight is 336 g/mol. The fraction of sp³-hybridized carbons (Fsp3) is 0.200. The van der Waals surface area contributed by atoms with E-state index in [1.807, 2.05) is 12.1 Å². The summed E-state index contributed by atoms with van der Waals surface area (Å²) >= 11 is 8.93. The van der Waals surface area contributed by atoms with Gasteiger partial charge in [0.05, 0.1) is 6.26 Å². The fourth-order valence-corrected chi connectivity index (χ4v) is 4.20. The van der Waals surface area contributed by atoms with Crippen LogP contribution in [-0.2, 0) is 0 Å². The zero-order valence-electron chi connectivity index (χ0n) is 7.46. The van der Waals surface area contributed by atoms with Crippen molar-refractivity contribution in [3.63, 3.8) is 0 Å². The summed E-state index contributed by atoms with van der Waals surface area (Å²) in [5.41, 5.74) is 0. The molecule has 2 rings (SSSR count). The molecule has 0 N–H and O–H groups in total. The minimum atomic E-state index is 0.144. The van der Waals surface area contributed by atoms with Gasteiger partial charge in [-0.25, -0.2) is 0 Å². The molecule has 14 heavy (non-hydrogen) atoms. The molecule has 4 heteroatoms. The van der Waals surface area contributed by atoms with E-state index in [0.717, 1.165) is 10.2 Å². The molecular formula is C10H8Br2OS. The first-order valence-corrected chi connectivity index (χ1v) is 6.64. The second-order valence-electron chi connectivity index (χ2n) is 2.95. The summed E-state index contributed by atoms with van der Waals surface area (Å²) in [4.78, 5) is 2.69. The minimum Gasteiger partial charge on any atom is -0.468 e. The number of furan rings is 1. The molecule has 0 saturated carbocycles. The van der Waals surface area contributed by atoms with Crippen LogP contribution in [0.25, 0.3) is 0 Å². The molecule has 74 valence electrons. The molecule has 1 unspecified atom stereocenters. The van der Waals surface area contributed by atoms with Crippen molar-refractivity contribution in [2.45, 2.75) is 11.8 Å². The van der Waals surface area contributed by atoms with Gasteiger partial charge in [0, 0.05) is 14.2 Å². The highest BCUT2D eigenvalue weighted by molar-refractivity contribution is 9.11. The van der Waals surface area contributed by atoms with Crippen molar-refractivity contribution < 1.29 is 4.42 Å². The monoisotopic (exact) mass is 334 g/mol. The third kappa shape index (κ3) is 1.97. The van der Waals surface area contributed by atoms with Crippen LogP contribution < -0.4 is 0 Å². The molecule has 2 aromatic heterocycles. The number of hydrogen-bond acceptors (Lipinski definition) is 2. The van der Waals surface area contributed by atoms with Gasteiger partial charge in [-0.2, -0.15) is 0 Å². The van der Waals surface area contributed by atoms with Gasteiger partial charge in [-0.3, -0.25) is 0 Å².